The van der Waals surface area contributed by atoms with E-state index in [1.807, 2.05) is 7.05 Å². The van der Waals surface area contributed by atoms with Gasteiger partial charge in [0.25, 0.3) is 6.43 Å². The highest BCUT2D eigenvalue weighted by molar-refractivity contribution is 5.58. The number of benzene rings is 1. The van der Waals surface area contributed by atoms with Crippen LogP contribution in [0, 0.1) is 0 Å². The van der Waals surface area contributed by atoms with Crippen LogP contribution in [0.25, 0.3) is 0 Å². The maximum atomic E-state index is 12.9. The van der Waals surface area contributed by atoms with E-state index < -0.39 is 6.43 Å². The van der Waals surface area contributed by atoms with Gasteiger partial charge in [0.2, 0.25) is 0 Å². The number of halogens is 2. The number of nitrogens with two attached hydrogens (primary N) is 1. The number of nitrogen functional groups attached to an aromatic ring is 1. The molecule has 1 heterocycles. The molecule has 0 aliphatic rings. The molecule has 2 rings (SSSR count). The van der Waals surface area contributed by atoms with Gasteiger partial charge in [-0.25, -0.2) is 8.78 Å². The Labute approximate surface area is 109 Å². The van der Waals surface area contributed by atoms with Crippen LogP contribution < -0.4 is 11.1 Å². The number of rotatable bonds is 5. The minimum Gasteiger partial charge on any atom is -0.399 e. The van der Waals surface area contributed by atoms with Crippen molar-refractivity contribution in [2.75, 3.05) is 17.6 Å². The smallest absolute Gasteiger partial charge is 0.265 e. The van der Waals surface area contributed by atoms with Crippen molar-refractivity contribution in [1.29, 1.82) is 0 Å². The van der Waals surface area contributed by atoms with Crippen molar-refractivity contribution >= 4 is 11.4 Å². The Kier molecular flexibility index (Phi) is 3.94. The fourth-order valence-electron chi connectivity index (χ4n) is 1.77. The zero-order valence-corrected chi connectivity index (χ0v) is 10.5. The molecule has 2 aromatic rings. The van der Waals surface area contributed by atoms with Gasteiger partial charge in [0, 0.05) is 37.0 Å². The Morgan fingerprint density at radius 1 is 1.42 bits per heavy atom. The van der Waals surface area contributed by atoms with Crippen LogP contribution in [-0.4, -0.2) is 21.3 Å². The minimum atomic E-state index is -2.55. The highest BCUT2D eigenvalue weighted by Crippen LogP contribution is 2.28. The van der Waals surface area contributed by atoms with Gasteiger partial charge in [0.1, 0.15) is 12.2 Å². The fraction of sp³-hybridized carbons (Fsp3) is 0.333. The van der Waals surface area contributed by atoms with Gasteiger partial charge in [-0.2, -0.15) is 0 Å². The topological polar surface area (TPSA) is 68.8 Å². The number of nitrogens with zero attached hydrogens (tertiary/aromatic N) is 3. The van der Waals surface area contributed by atoms with E-state index in [0.29, 0.717) is 24.3 Å². The number of hydrogen-bond donors (Lipinski definition) is 2. The molecule has 7 heteroatoms. The Hall–Kier alpha value is -2.18. The normalized spacial score (nSPS) is 10.9. The van der Waals surface area contributed by atoms with Crippen LogP contribution in [0.1, 0.15) is 17.8 Å². The molecule has 0 radical (unpaired) electrons. The predicted octanol–water partition coefficient (Wildman–Crippen LogP) is 1.99. The number of hydrogen-bond acceptors (Lipinski definition) is 4. The summed E-state index contributed by atoms with van der Waals surface area (Å²) in [6.07, 6.45) is -0.354. The molecule has 0 fully saturated rings. The maximum Gasteiger partial charge on any atom is 0.265 e. The van der Waals surface area contributed by atoms with E-state index >= 15 is 0 Å². The lowest BCUT2D eigenvalue weighted by molar-refractivity contribution is 0.152. The second-order valence-electron chi connectivity index (χ2n) is 4.18. The van der Waals surface area contributed by atoms with Crippen LogP contribution in [0.4, 0.5) is 20.2 Å². The van der Waals surface area contributed by atoms with Gasteiger partial charge in [0.15, 0.2) is 0 Å². The van der Waals surface area contributed by atoms with Crippen molar-refractivity contribution in [2.24, 2.45) is 7.05 Å². The van der Waals surface area contributed by atoms with Gasteiger partial charge in [-0.1, -0.05) is 0 Å². The van der Waals surface area contributed by atoms with Crippen molar-refractivity contribution in [3.05, 3.63) is 35.9 Å². The van der Waals surface area contributed by atoms with E-state index in [1.54, 1.807) is 23.0 Å². The summed E-state index contributed by atoms with van der Waals surface area (Å²) in [5.74, 6) is 0.793. The van der Waals surface area contributed by atoms with Crippen molar-refractivity contribution < 1.29 is 8.78 Å². The van der Waals surface area contributed by atoms with Crippen molar-refractivity contribution in [2.45, 2.75) is 12.8 Å². The first-order chi connectivity index (χ1) is 9.08. The molecule has 0 bridgehead atoms. The third kappa shape index (κ3) is 3.18. The van der Waals surface area contributed by atoms with Gasteiger partial charge >= 0.3 is 0 Å². The van der Waals surface area contributed by atoms with Crippen LogP contribution in [0.15, 0.2) is 24.5 Å². The molecule has 19 heavy (non-hydrogen) atoms. The Morgan fingerprint density at radius 2 is 2.21 bits per heavy atom. The number of nitrogens with one attached hydrogen (secondary N) is 1. The maximum absolute atomic E-state index is 12.9. The average molecular weight is 267 g/mol. The van der Waals surface area contributed by atoms with E-state index in [4.69, 9.17) is 5.73 Å². The largest absolute Gasteiger partial charge is 0.399 e. The molecule has 1 aromatic carbocycles. The third-order valence-corrected chi connectivity index (χ3v) is 2.78. The number of aromatic nitrogens is 3. The summed E-state index contributed by atoms with van der Waals surface area (Å²) in [4.78, 5) is 0. The fourth-order valence-corrected chi connectivity index (χ4v) is 1.77. The summed E-state index contributed by atoms with van der Waals surface area (Å²) < 4.78 is 27.5. The number of anilines is 2. The molecule has 0 spiro atoms. The van der Waals surface area contributed by atoms with Crippen molar-refractivity contribution in [3.63, 3.8) is 0 Å². The van der Waals surface area contributed by atoms with E-state index in [1.165, 1.54) is 6.07 Å². The number of aryl methyl sites for hydroxylation is 1. The standard InChI is InChI=1S/C12H15F2N5/c1-19-7-17-18-11(19)4-5-16-10-3-2-8(15)6-9(10)12(13)14/h2-3,6-7,12,16H,4-5,15H2,1H3. The van der Waals surface area contributed by atoms with Crippen LogP contribution in [0.5, 0.6) is 0 Å². The molecular formula is C12H15F2N5. The Morgan fingerprint density at radius 3 is 2.84 bits per heavy atom. The van der Waals surface area contributed by atoms with Crippen molar-refractivity contribution in [1.82, 2.24) is 14.8 Å². The molecule has 0 atom stereocenters. The lowest BCUT2D eigenvalue weighted by Crippen LogP contribution is -2.10. The summed E-state index contributed by atoms with van der Waals surface area (Å²) >= 11 is 0. The summed E-state index contributed by atoms with van der Waals surface area (Å²) in [5.41, 5.74) is 6.15. The minimum absolute atomic E-state index is 0.0852. The molecule has 102 valence electrons. The lowest BCUT2D eigenvalue weighted by Gasteiger charge is -2.12. The van der Waals surface area contributed by atoms with Gasteiger partial charge < -0.3 is 15.6 Å². The third-order valence-electron chi connectivity index (χ3n) is 2.78. The average Bonchev–Trinajstić information content (AvgIpc) is 2.77. The van der Waals surface area contributed by atoms with Crippen LogP contribution in [-0.2, 0) is 13.5 Å². The molecular weight excluding hydrogens is 252 g/mol. The summed E-state index contributed by atoms with van der Waals surface area (Å²) in [6, 6.07) is 4.44. The second kappa shape index (κ2) is 5.64. The van der Waals surface area contributed by atoms with Gasteiger partial charge in [-0.3, -0.25) is 0 Å². The molecule has 1 aromatic heterocycles. The molecule has 0 aliphatic heterocycles. The van der Waals surface area contributed by atoms with Gasteiger partial charge in [-0.15, -0.1) is 10.2 Å². The summed E-state index contributed by atoms with van der Waals surface area (Å²) in [6.45, 7) is 0.496. The zero-order chi connectivity index (χ0) is 13.8. The van der Waals surface area contributed by atoms with E-state index in [0.717, 1.165) is 5.82 Å². The second-order valence-corrected chi connectivity index (χ2v) is 4.18. The number of alkyl halides is 2. The first kappa shape index (κ1) is 13.3. The first-order valence-electron chi connectivity index (χ1n) is 5.82. The van der Waals surface area contributed by atoms with Crippen LogP contribution in [0.2, 0.25) is 0 Å². The summed E-state index contributed by atoms with van der Waals surface area (Å²) in [7, 11) is 1.84. The van der Waals surface area contributed by atoms with Gasteiger partial charge in [0.05, 0.1) is 0 Å². The van der Waals surface area contributed by atoms with E-state index in [9.17, 15) is 8.78 Å². The first-order valence-corrected chi connectivity index (χ1v) is 5.82. The Bertz CT molecular complexity index is 553. The molecule has 0 unspecified atom stereocenters. The quantitative estimate of drug-likeness (QED) is 0.813. The molecule has 3 N–H and O–H groups in total. The SMILES string of the molecule is Cn1cnnc1CCNc1ccc(N)cc1C(F)F. The predicted molar refractivity (Wildman–Crippen MR) is 69.0 cm³/mol. The Balaban J connectivity index is 2.01. The molecule has 0 aliphatic carbocycles. The molecule has 5 nitrogen and oxygen atoms in total. The zero-order valence-electron chi connectivity index (χ0n) is 10.5. The van der Waals surface area contributed by atoms with E-state index in [2.05, 4.69) is 15.5 Å². The van der Waals surface area contributed by atoms with E-state index in [-0.39, 0.29) is 5.56 Å². The molecule has 0 amide bonds. The highest BCUT2D eigenvalue weighted by atomic mass is 19.3. The monoisotopic (exact) mass is 267 g/mol. The summed E-state index contributed by atoms with van der Waals surface area (Å²) in [5, 5.41) is 10.6. The van der Waals surface area contributed by atoms with Crippen molar-refractivity contribution in [3.8, 4) is 0 Å². The van der Waals surface area contributed by atoms with Gasteiger partial charge in [-0.05, 0) is 18.2 Å². The van der Waals surface area contributed by atoms with Crippen LogP contribution >= 0.6 is 0 Å². The van der Waals surface area contributed by atoms with Crippen LogP contribution in [0.3, 0.4) is 0 Å². The molecule has 0 saturated carbocycles. The highest BCUT2D eigenvalue weighted by Gasteiger charge is 2.13. The lowest BCUT2D eigenvalue weighted by atomic mass is 10.1. The molecule has 0 saturated heterocycles.